The van der Waals surface area contributed by atoms with Gasteiger partial charge in [-0.1, -0.05) is 52.3 Å². The van der Waals surface area contributed by atoms with Crippen molar-refractivity contribution in [1.82, 2.24) is 4.98 Å². The molecule has 0 saturated carbocycles. The predicted octanol–water partition coefficient (Wildman–Crippen LogP) is 4.86. The molecule has 0 amide bonds. The Morgan fingerprint density at radius 3 is 2.59 bits per heavy atom. The molecule has 0 radical (unpaired) electrons. The molecule has 0 N–H and O–H groups in total. The van der Waals surface area contributed by atoms with Gasteiger partial charge in [0.05, 0.1) is 10.2 Å². The van der Waals surface area contributed by atoms with E-state index in [1.54, 1.807) is 11.3 Å². The highest BCUT2D eigenvalue weighted by Gasteiger charge is 2.08. The predicted molar refractivity (Wildman–Crippen MR) is 77.7 cm³/mol. The summed E-state index contributed by atoms with van der Waals surface area (Å²) in [5, 5.41) is 1.96. The van der Waals surface area contributed by atoms with Gasteiger partial charge in [-0.15, -0.1) is 11.3 Å². The van der Waals surface area contributed by atoms with E-state index in [1.165, 1.54) is 15.8 Å². The highest BCUT2D eigenvalue weighted by atomic mass is 79.9. The van der Waals surface area contributed by atoms with Crippen molar-refractivity contribution in [3.05, 3.63) is 54.1 Å². The summed E-state index contributed by atoms with van der Waals surface area (Å²) in [5.41, 5.74) is 3.59. The first-order valence-corrected chi connectivity index (χ1v) is 7.32. The number of nitrogens with zero attached hydrogens (tertiary/aromatic N) is 1. The number of rotatable bonds is 2. The molecular formula is C14H10BrNS. The van der Waals surface area contributed by atoms with Gasteiger partial charge in [-0.05, 0) is 17.7 Å². The first-order valence-electron chi connectivity index (χ1n) is 5.38. The van der Waals surface area contributed by atoms with Gasteiger partial charge in [0.1, 0.15) is 5.01 Å². The van der Waals surface area contributed by atoms with Crippen LogP contribution in [-0.2, 0) is 5.33 Å². The zero-order valence-electron chi connectivity index (χ0n) is 9.06. The maximum atomic E-state index is 4.69. The molecule has 0 saturated heterocycles. The zero-order valence-corrected chi connectivity index (χ0v) is 11.5. The highest BCUT2D eigenvalue weighted by Crippen LogP contribution is 2.32. The summed E-state index contributed by atoms with van der Waals surface area (Å²) < 4.78 is 1.24. The van der Waals surface area contributed by atoms with Crippen molar-refractivity contribution < 1.29 is 0 Å². The Morgan fingerprint density at radius 2 is 1.76 bits per heavy atom. The topological polar surface area (TPSA) is 12.9 Å². The largest absolute Gasteiger partial charge is 0.236 e. The van der Waals surface area contributed by atoms with Gasteiger partial charge in [0.15, 0.2) is 0 Å². The molecule has 17 heavy (non-hydrogen) atoms. The van der Waals surface area contributed by atoms with Gasteiger partial charge < -0.3 is 0 Å². The number of halogens is 1. The average Bonchev–Trinajstić information content (AvgIpc) is 2.82. The normalized spacial score (nSPS) is 10.9. The Morgan fingerprint density at radius 1 is 1.00 bits per heavy atom. The second kappa shape index (κ2) is 4.59. The summed E-state index contributed by atoms with van der Waals surface area (Å²) in [5.74, 6) is 0. The van der Waals surface area contributed by atoms with Crippen LogP contribution in [0.25, 0.3) is 20.8 Å². The fourth-order valence-electron chi connectivity index (χ4n) is 1.83. The van der Waals surface area contributed by atoms with E-state index in [2.05, 4.69) is 63.4 Å². The van der Waals surface area contributed by atoms with E-state index in [4.69, 9.17) is 0 Å². The van der Waals surface area contributed by atoms with Crippen LogP contribution < -0.4 is 0 Å². The Bertz CT molecular complexity index is 627. The van der Waals surface area contributed by atoms with Crippen molar-refractivity contribution in [1.29, 1.82) is 0 Å². The fraction of sp³-hybridized carbons (Fsp3) is 0.0714. The van der Waals surface area contributed by atoms with Crippen molar-refractivity contribution in [3.8, 4) is 10.6 Å². The second-order valence-electron chi connectivity index (χ2n) is 3.78. The van der Waals surface area contributed by atoms with Gasteiger partial charge in [0.2, 0.25) is 0 Å². The number of fused-ring (bicyclic) bond motifs is 1. The van der Waals surface area contributed by atoms with E-state index in [0.717, 1.165) is 15.9 Å². The minimum Gasteiger partial charge on any atom is -0.236 e. The molecule has 0 atom stereocenters. The van der Waals surface area contributed by atoms with E-state index in [9.17, 15) is 0 Å². The molecular weight excluding hydrogens is 294 g/mol. The number of aromatic nitrogens is 1. The average molecular weight is 304 g/mol. The maximum absolute atomic E-state index is 4.69. The van der Waals surface area contributed by atoms with Crippen LogP contribution in [0.4, 0.5) is 0 Å². The molecule has 0 fully saturated rings. The molecule has 0 aliphatic carbocycles. The van der Waals surface area contributed by atoms with Gasteiger partial charge in [-0.25, -0.2) is 4.98 Å². The summed E-state index contributed by atoms with van der Waals surface area (Å²) in [4.78, 5) is 4.69. The zero-order chi connectivity index (χ0) is 11.7. The van der Waals surface area contributed by atoms with Gasteiger partial charge >= 0.3 is 0 Å². The molecule has 3 heteroatoms. The third-order valence-corrected chi connectivity index (χ3v) is 4.36. The van der Waals surface area contributed by atoms with Crippen LogP contribution in [0, 0.1) is 0 Å². The molecule has 3 aromatic rings. The fourth-order valence-corrected chi connectivity index (χ4v) is 3.35. The first kappa shape index (κ1) is 10.9. The first-order chi connectivity index (χ1) is 8.38. The van der Waals surface area contributed by atoms with Crippen molar-refractivity contribution in [2.75, 3.05) is 0 Å². The molecule has 2 aromatic carbocycles. The quantitative estimate of drug-likeness (QED) is 0.616. The number of hydrogen-bond acceptors (Lipinski definition) is 2. The lowest BCUT2D eigenvalue weighted by molar-refractivity contribution is 1.39. The van der Waals surface area contributed by atoms with Crippen molar-refractivity contribution in [3.63, 3.8) is 0 Å². The van der Waals surface area contributed by atoms with Gasteiger partial charge in [0, 0.05) is 10.9 Å². The summed E-state index contributed by atoms with van der Waals surface area (Å²) in [7, 11) is 0. The van der Waals surface area contributed by atoms with Crippen LogP contribution in [0.3, 0.4) is 0 Å². The van der Waals surface area contributed by atoms with Crippen molar-refractivity contribution in [2.24, 2.45) is 0 Å². The number of hydrogen-bond donors (Lipinski definition) is 0. The number of thiazole rings is 1. The molecule has 1 nitrogen and oxygen atoms in total. The standard InChI is InChI=1S/C14H10BrNS/c15-9-10-5-1-2-6-11(10)14-16-12-7-3-4-8-13(12)17-14/h1-8H,9H2. The third-order valence-electron chi connectivity index (χ3n) is 2.69. The van der Waals surface area contributed by atoms with Crippen molar-refractivity contribution in [2.45, 2.75) is 5.33 Å². The van der Waals surface area contributed by atoms with E-state index >= 15 is 0 Å². The molecule has 0 spiro atoms. The van der Waals surface area contributed by atoms with E-state index in [0.29, 0.717) is 0 Å². The van der Waals surface area contributed by atoms with Crippen LogP contribution >= 0.6 is 27.3 Å². The molecule has 0 unspecified atom stereocenters. The monoisotopic (exact) mass is 303 g/mol. The molecule has 3 rings (SSSR count). The Kier molecular flexibility index (Phi) is 2.95. The maximum Gasteiger partial charge on any atom is 0.124 e. The van der Waals surface area contributed by atoms with Crippen LogP contribution in [0.5, 0.6) is 0 Å². The lowest BCUT2D eigenvalue weighted by Crippen LogP contribution is -1.84. The number of alkyl halides is 1. The van der Waals surface area contributed by atoms with Gasteiger partial charge in [-0.2, -0.15) is 0 Å². The summed E-state index contributed by atoms with van der Waals surface area (Å²) in [6.45, 7) is 0. The Balaban J connectivity index is 2.20. The second-order valence-corrected chi connectivity index (χ2v) is 5.37. The lowest BCUT2D eigenvalue weighted by Gasteiger charge is -2.02. The smallest absolute Gasteiger partial charge is 0.124 e. The van der Waals surface area contributed by atoms with Crippen molar-refractivity contribution >= 4 is 37.5 Å². The van der Waals surface area contributed by atoms with Crippen LogP contribution in [0.2, 0.25) is 0 Å². The minimum absolute atomic E-state index is 0.860. The SMILES string of the molecule is BrCc1ccccc1-c1nc2ccccc2s1. The molecule has 1 aromatic heterocycles. The van der Waals surface area contributed by atoms with E-state index in [1.807, 2.05) is 6.07 Å². The van der Waals surface area contributed by atoms with Crippen LogP contribution in [0.15, 0.2) is 48.5 Å². The highest BCUT2D eigenvalue weighted by molar-refractivity contribution is 9.08. The minimum atomic E-state index is 0.860. The number of para-hydroxylation sites is 1. The molecule has 0 bridgehead atoms. The molecule has 0 aliphatic heterocycles. The molecule has 84 valence electrons. The summed E-state index contributed by atoms with van der Waals surface area (Å²) in [6.07, 6.45) is 0. The third kappa shape index (κ3) is 2.01. The lowest BCUT2D eigenvalue weighted by atomic mass is 10.1. The summed E-state index contributed by atoms with van der Waals surface area (Å²) in [6, 6.07) is 16.7. The molecule has 1 heterocycles. The van der Waals surface area contributed by atoms with Crippen LogP contribution in [0.1, 0.15) is 5.56 Å². The van der Waals surface area contributed by atoms with Gasteiger partial charge in [0.25, 0.3) is 0 Å². The Hall–Kier alpha value is -1.19. The molecule has 0 aliphatic rings. The Labute approximate surface area is 112 Å². The van der Waals surface area contributed by atoms with E-state index < -0.39 is 0 Å². The number of benzene rings is 2. The van der Waals surface area contributed by atoms with E-state index in [-0.39, 0.29) is 0 Å². The summed E-state index contributed by atoms with van der Waals surface area (Å²) >= 11 is 5.27. The van der Waals surface area contributed by atoms with Gasteiger partial charge in [-0.3, -0.25) is 0 Å². The van der Waals surface area contributed by atoms with Crippen LogP contribution in [-0.4, -0.2) is 4.98 Å².